The van der Waals surface area contributed by atoms with E-state index in [0.717, 1.165) is 46.9 Å². The van der Waals surface area contributed by atoms with E-state index in [1.54, 1.807) is 4.90 Å². The van der Waals surface area contributed by atoms with Gasteiger partial charge in [-0.3, -0.25) is 9.69 Å². The molecule has 4 heterocycles. The molecule has 1 spiro atoms. The van der Waals surface area contributed by atoms with E-state index in [9.17, 15) is 27.6 Å². The van der Waals surface area contributed by atoms with E-state index in [-0.39, 0.29) is 31.7 Å². The van der Waals surface area contributed by atoms with Crippen molar-refractivity contribution in [3.8, 4) is 0 Å². The van der Waals surface area contributed by atoms with Crippen LogP contribution in [0.15, 0.2) is 45.7 Å². The van der Waals surface area contributed by atoms with E-state index in [1.807, 2.05) is 25.1 Å². The Hall–Kier alpha value is -4.09. The van der Waals surface area contributed by atoms with Crippen LogP contribution in [-0.2, 0) is 17.4 Å². The van der Waals surface area contributed by atoms with Crippen molar-refractivity contribution in [2.45, 2.75) is 51.7 Å². The predicted molar refractivity (Wildman–Crippen MR) is 148 cm³/mol. The van der Waals surface area contributed by atoms with Crippen LogP contribution in [0.3, 0.4) is 0 Å². The van der Waals surface area contributed by atoms with Crippen molar-refractivity contribution in [3.05, 3.63) is 63.6 Å². The van der Waals surface area contributed by atoms with Crippen LogP contribution in [0.5, 0.6) is 0 Å². The van der Waals surface area contributed by atoms with Gasteiger partial charge < -0.3 is 19.5 Å². The Morgan fingerprint density at radius 1 is 1.07 bits per heavy atom. The third-order valence-electron chi connectivity index (χ3n) is 8.25. The molecule has 0 unspecified atom stereocenters. The van der Waals surface area contributed by atoms with E-state index < -0.39 is 28.9 Å². The fourth-order valence-electron chi connectivity index (χ4n) is 5.76. The van der Waals surface area contributed by atoms with Gasteiger partial charge in [-0.2, -0.15) is 13.2 Å². The maximum absolute atomic E-state index is 13.4. The smallest absolute Gasteiger partial charge is 0.417 e. The van der Waals surface area contributed by atoms with Crippen LogP contribution >= 0.6 is 0 Å². The van der Waals surface area contributed by atoms with E-state index >= 15 is 0 Å². The molecule has 1 N–H and O–H groups in total. The number of nitrogens with one attached hydrogen (secondary N) is 1. The van der Waals surface area contributed by atoms with Crippen LogP contribution < -0.4 is 20.7 Å². The normalized spacial score (nSPS) is 17.0. The minimum Gasteiger partial charge on any atom is -0.422 e. The maximum atomic E-state index is 13.4. The Kier molecular flexibility index (Phi) is 7.43. The molecule has 2 aliphatic rings. The summed E-state index contributed by atoms with van der Waals surface area (Å²) in [5.74, 6) is 0.0124. The van der Waals surface area contributed by atoms with Gasteiger partial charge in [0.05, 0.1) is 5.56 Å². The highest BCUT2D eigenvalue weighted by Gasteiger charge is 2.52. The quantitative estimate of drug-likeness (QED) is 0.330. The molecule has 2 aromatic heterocycles. The number of nitrogens with zero attached hydrogens (tertiary/aromatic N) is 4. The summed E-state index contributed by atoms with van der Waals surface area (Å²) in [4.78, 5) is 48.2. The average Bonchev–Trinajstić information content (AvgIpc) is 3.17. The number of amides is 3. The summed E-state index contributed by atoms with van der Waals surface area (Å²) in [5, 5.41) is 3.63. The van der Waals surface area contributed by atoms with Gasteiger partial charge in [-0.05, 0) is 69.9 Å². The third-order valence-corrected chi connectivity index (χ3v) is 8.25. The molecule has 0 bridgehead atoms. The minimum atomic E-state index is -4.47. The number of halogens is 3. The molecule has 0 aliphatic carbocycles. The highest BCUT2D eigenvalue weighted by Crippen LogP contribution is 2.33. The van der Waals surface area contributed by atoms with Gasteiger partial charge in [0.25, 0.3) is 5.91 Å². The summed E-state index contributed by atoms with van der Waals surface area (Å²) in [6.07, 6.45) is -2.97. The lowest BCUT2D eigenvalue weighted by Gasteiger charge is -2.37. The van der Waals surface area contributed by atoms with Gasteiger partial charge in [0, 0.05) is 61.6 Å². The molecule has 2 aliphatic heterocycles. The minimum absolute atomic E-state index is 0.0191. The number of imide groups is 1. The van der Waals surface area contributed by atoms with Gasteiger partial charge in [-0.15, -0.1) is 0 Å². The van der Waals surface area contributed by atoms with E-state index in [1.165, 1.54) is 6.07 Å². The number of carbonyl (C=O) groups excluding carboxylic acids is 2. The van der Waals surface area contributed by atoms with Crippen molar-refractivity contribution < 1.29 is 27.2 Å². The van der Waals surface area contributed by atoms with E-state index in [4.69, 9.17) is 4.42 Å². The van der Waals surface area contributed by atoms with Crippen LogP contribution in [0, 0.1) is 6.92 Å². The second-order valence-corrected chi connectivity index (χ2v) is 10.5. The highest BCUT2D eigenvalue weighted by molar-refractivity contribution is 6.07. The lowest BCUT2D eigenvalue weighted by molar-refractivity contribution is -0.137. The molecule has 2 fully saturated rings. The predicted octanol–water partition coefficient (Wildman–Crippen LogP) is 4.49. The van der Waals surface area contributed by atoms with E-state index in [0.29, 0.717) is 30.1 Å². The number of hydrogen-bond donors (Lipinski definition) is 1. The molecule has 0 saturated carbocycles. The van der Waals surface area contributed by atoms with Crippen molar-refractivity contribution in [1.29, 1.82) is 0 Å². The number of carbonyl (C=O) groups is 2. The first-order valence-corrected chi connectivity index (χ1v) is 13.7. The van der Waals surface area contributed by atoms with E-state index in [2.05, 4.69) is 29.0 Å². The first-order chi connectivity index (χ1) is 19.5. The molecule has 3 aromatic rings. The van der Waals surface area contributed by atoms with Crippen molar-refractivity contribution in [3.63, 3.8) is 0 Å². The molecule has 0 radical (unpaired) electrons. The van der Waals surface area contributed by atoms with Crippen LogP contribution in [0.25, 0.3) is 11.0 Å². The van der Waals surface area contributed by atoms with Gasteiger partial charge >= 0.3 is 17.8 Å². The van der Waals surface area contributed by atoms with Crippen molar-refractivity contribution in [2.24, 2.45) is 0 Å². The number of hydrogen-bond acceptors (Lipinski definition) is 7. The number of aryl methyl sites for hydroxylation is 1. The second-order valence-electron chi connectivity index (χ2n) is 10.5. The number of anilines is 2. The summed E-state index contributed by atoms with van der Waals surface area (Å²) in [7, 11) is 0. The maximum Gasteiger partial charge on any atom is 0.417 e. The van der Waals surface area contributed by atoms with Gasteiger partial charge in [0.15, 0.2) is 0 Å². The Labute approximate surface area is 234 Å². The van der Waals surface area contributed by atoms with Gasteiger partial charge in [0.1, 0.15) is 16.9 Å². The van der Waals surface area contributed by atoms with Crippen LogP contribution in [0.4, 0.5) is 29.5 Å². The van der Waals surface area contributed by atoms with Gasteiger partial charge in [0.2, 0.25) is 0 Å². The fourth-order valence-corrected chi connectivity index (χ4v) is 5.76. The number of aromatic nitrogens is 1. The van der Waals surface area contributed by atoms with Crippen LogP contribution in [0.2, 0.25) is 0 Å². The van der Waals surface area contributed by atoms with Gasteiger partial charge in [-0.1, -0.05) is 0 Å². The zero-order valence-corrected chi connectivity index (χ0v) is 23.2. The second kappa shape index (κ2) is 10.7. The Morgan fingerprint density at radius 3 is 2.39 bits per heavy atom. The molecular formula is C29H32F3N5O4. The Morgan fingerprint density at radius 2 is 1.78 bits per heavy atom. The summed E-state index contributed by atoms with van der Waals surface area (Å²) in [6.45, 7) is 8.27. The molecule has 12 heteroatoms. The first-order valence-electron chi connectivity index (χ1n) is 13.7. The SMILES string of the molecule is CCN(CC)c1ccc2c(C)c(CCN3C(=O)NC4(CCN(c5ccc(C(F)(F)F)cn5)CC4)C3=O)c(=O)oc2c1. The number of fused-ring (bicyclic) bond motifs is 1. The van der Waals surface area contributed by atoms with Crippen molar-refractivity contribution >= 4 is 34.4 Å². The number of pyridine rings is 1. The van der Waals surface area contributed by atoms with Crippen LogP contribution in [0.1, 0.15) is 43.4 Å². The summed E-state index contributed by atoms with van der Waals surface area (Å²) in [6, 6.07) is 7.53. The summed E-state index contributed by atoms with van der Waals surface area (Å²) >= 11 is 0. The molecular weight excluding hydrogens is 539 g/mol. The lowest BCUT2D eigenvalue weighted by atomic mass is 9.87. The average molecular weight is 572 g/mol. The Balaban J connectivity index is 1.27. The van der Waals surface area contributed by atoms with Crippen molar-refractivity contribution in [2.75, 3.05) is 42.5 Å². The monoisotopic (exact) mass is 571 g/mol. The zero-order chi connectivity index (χ0) is 29.5. The third kappa shape index (κ3) is 5.22. The molecule has 218 valence electrons. The molecule has 41 heavy (non-hydrogen) atoms. The standard InChI is InChI=1S/C29H32F3N5O4/c1-4-35(5-2)20-7-8-21-18(3)22(25(38)41-23(21)16-20)10-13-37-26(39)28(34-27(37)40)11-14-36(15-12-28)24-9-6-19(17-33-24)29(30,31)32/h6-9,16-17H,4-5,10-15H2,1-3H3,(H,34,40). The number of alkyl halides is 3. The lowest BCUT2D eigenvalue weighted by Crippen LogP contribution is -2.55. The summed E-state index contributed by atoms with van der Waals surface area (Å²) in [5.41, 5.74) is 0.198. The topological polar surface area (TPSA) is 99.0 Å². The molecule has 1 aromatic carbocycles. The van der Waals surface area contributed by atoms with Crippen molar-refractivity contribution in [1.82, 2.24) is 15.2 Å². The first kappa shape index (κ1) is 28.4. The number of benzene rings is 1. The largest absolute Gasteiger partial charge is 0.422 e. The highest BCUT2D eigenvalue weighted by atomic mass is 19.4. The zero-order valence-electron chi connectivity index (χ0n) is 23.2. The summed E-state index contributed by atoms with van der Waals surface area (Å²) < 4.78 is 44.3. The molecule has 3 amide bonds. The number of urea groups is 1. The molecule has 2 saturated heterocycles. The molecule has 9 nitrogen and oxygen atoms in total. The fraction of sp³-hybridized carbons (Fsp3) is 0.448. The number of rotatable bonds is 7. The van der Waals surface area contributed by atoms with Crippen LogP contribution in [-0.4, -0.2) is 60.1 Å². The molecule has 0 atom stereocenters. The number of piperidine rings is 1. The molecule has 5 rings (SSSR count). The van der Waals surface area contributed by atoms with Gasteiger partial charge in [-0.25, -0.2) is 14.6 Å². The Bertz CT molecular complexity index is 1520.